The minimum Gasteiger partial charge on any atom is -0.480 e. The summed E-state index contributed by atoms with van der Waals surface area (Å²) in [6.45, 7) is 1.98. The number of hydrogen-bond acceptors (Lipinski definition) is 2. The third kappa shape index (κ3) is 3.17. The van der Waals surface area contributed by atoms with Crippen molar-refractivity contribution >= 4 is 22.8 Å². The number of carboxylic acid groups (broad SMARTS) is 1. The highest BCUT2D eigenvalue weighted by atomic mass is 16.4. The number of benzene rings is 1. The summed E-state index contributed by atoms with van der Waals surface area (Å²) in [6, 6.07) is 8.42. The highest BCUT2D eigenvalue weighted by molar-refractivity contribution is 5.99. The second-order valence-corrected chi connectivity index (χ2v) is 4.78. The van der Waals surface area contributed by atoms with Gasteiger partial charge in [0.05, 0.1) is 0 Å². The molecule has 2 rings (SSSR count). The number of carboxylic acids is 1. The molecule has 1 amide bonds. The Morgan fingerprint density at radius 3 is 2.75 bits per heavy atom. The second-order valence-electron chi connectivity index (χ2n) is 4.78. The van der Waals surface area contributed by atoms with E-state index in [-0.39, 0.29) is 5.91 Å². The largest absolute Gasteiger partial charge is 0.480 e. The monoisotopic (exact) mass is 274 g/mol. The summed E-state index contributed by atoms with van der Waals surface area (Å²) in [5.74, 6) is -1.38. The Morgan fingerprint density at radius 1 is 1.35 bits per heavy atom. The van der Waals surface area contributed by atoms with Gasteiger partial charge in [0.25, 0.3) is 5.91 Å². The summed E-state index contributed by atoms with van der Waals surface area (Å²) < 4.78 is 0. The zero-order valence-corrected chi connectivity index (χ0v) is 11.3. The Balaban J connectivity index is 2.11. The van der Waals surface area contributed by atoms with Crippen LogP contribution in [-0.2, 0) is 4.79 Å². The summed E-state index contributed by atoms with van der Waals surface area (Å²) in [5, 5.41) is 12.6. The lowest BCUT2D eigenvalue weighted by Crippen LogP contribution is -2.40. The van der Waals surface area contributed by atoms with Gasteiger partial charge >= 0.3 is 5.97 Å². The molecule has 0 bridgehead atoms. The average Bonchev–Trinajstić information content (AvgIpc) is 2.86. The van der Waals surface area contributed by atoms with E-state index in [0.717, 1.165) is 23.7 Å². The lowest BCUT2D eigenvalue weighted by atomic mass is 10.1. The van der Waals surface area contributed by atoms with Gasteiger partial charge in [-0.1, -0.05) is 38.0 Å². The van der Waals surface area contributed by atoms with Gasteiger partial charge in [0.1, 0.15) is 11.7 Å². The van der Waals surface area contributed by atoms with Gasteiger partial charge in [0.15, 0.2) is 0 Å². The van der Waals surface area contributed by atoms with Crippen molar-refractivity contribution in [2.45, 2.75) is 32.2 Å². The Kier molecular flexibility index (Phi) is 4.40. The van der Waals surface area contributed by atoms with Crippen LogP contribution < -0.4 is 5.32 Å². The molecular weight excluding hydrogens is 256 g/mol. The molecule has 0 saturated carbocycles. The van der Waals surface area contributed by atoms with Crippen LogP contribution in [-0.4, -0.2) is 28.0 Å². The van der Waals surface area contributed by atoms with Crippen LogP contribution in [0.5, 0.6) is 0 Å². The molecule has 5 nitrogen and oxygen atoms in total. The quantitative estimate of drug-likeness (QED) is 0.757. The number of aromatic amines is 1. The molecule has 20 heavy (non-hydrogen) atoms. The summed E-state index contributed by atoms with van der Waals surface area (Å²) >= 11 is 0. The van der Waals surface area contributed by atoms with Crippen LogP contribution in [0.3, 0.4) is 0 Å². The predicted octanol–water partition coefficient (Wildman–Crippen LogP) is 2.54. The van der Waals surface area contributed by atoms with Crippen LogP contribution in [0.4, 0.5) is 0 Å². The van der Waals surface area contributed by atoms with Crippen molar-refractivity contribution in [3.8, 4) is 0 Å². The molecule has 0 aliphatic carbocycles. The molecular formula is C15H18N2O3. The number of H-pyrrole nitrogens is 1. The predicted molar refractivity (Wildman–Crippen MR) is 76.7 cm³/mol. The molecule has 0 aliphatic rings. The zero-order chi connectivity index (χ0) is 14.5. The number of unbranched alkanes of at least 4 members (excludes halogenated alkanes) is 1. The fraction of sp³-hybridized carbons (Fsp3) is 0.333. The van der Waals surface area contributed by atoms with E-state index in [9.17, 15) is 9.59 Å². The van der Waals surface area contributed by atoms with Gasteiger partial charge in [-0.2, -0.15) is 0 Å². The second kappa shape index (κ2) is 6.23. The van der Waals surface area contributed by atoms with Crippen molar-refractivity contribution in [2.24, 2.45) is 0 Å². The van der Waals surface area contributed by atoms with E-state index >= 15 is 0 Å². The highest BCUT2D eigenvalue weighted by Crippen LogP contribution is 2.14. The first-order chi connectivity index (χ1) is 9.61. The van der Waals surface area contributed by atoms with E-state index < -0.39 is 12.0 Å². The van der Waals surface area contributed by atoms with Crippen LogP contribution in [0.2, 0.25) is 0 Å². The standard InChI is InChI=1S/C15H18N2O3/c1-2-3-7-12(15(19)20)17-14(18)13-9-10-6-4-5-8-11(10)16-13/h4-6,8-9,12,16H,2-3,7H2,1H3,(H,17,18)(H,19,20). The van der Waals surface area contributed by atoms with Crippen molar-refractivity contribution in [3.05, 3.63) is 36.0 Å². The topological polar surface area (TPSA) is 82.2 Å². The van der Waals surface area contributed by atoms with Crippen LogP contribution in [0.1, 0.15) is 36.7 Å². The number of carbonyl (C=O) groups is 2. The summed E-state index contributed by atoms with van der Waals surface area (Å²) in [7, 11) is 0. The number of fused-ring (bicyclic) bond motifs is 1. The van der Waals surface area contributed by atoms with Gasteiger partial charge in [-0.25, -0.2) is 4.79 Å². The maximum Gasteiger partial charge on any atom is 0.326 e. The fourth-order valence-electron chi connectivity index (χ4n) is 2.10. The molecule has 1 aromatic carbocycles. The molecule has 3 N–H and O–H groups in total. The van der Waals surface area contributed by atoms with E-state index in [0.29, 0.717) is 12.1 Å². The first-order valence-corrected chi connectivity index (χ1v) is 6.73. The molecule has 0 saturated heterocycles. The lowest BCUT2D eigenvalue weighted by molar-refractivity contribution is -0.139. The molecule has 2 aromatic rings. The smallest absolute Gasteiger partial charge is 0.326 e. The maximum atomic E-state index is 12.1. The Morgan fingerprint density at radius 2 is 2.10 bits per heavy atom. The van der Waals surface area contributed by atoms with E-state index in [1.807, 2.05) is 31.2 Å². The minimum atomic E-state index is -0.997. The number of rotatable bonds is 6. The Hall–Kier alpha value is -2.30. The van der Waals surface area contributed by atoms with Gasteiger partial charge in [-0.05, 0) is 18.6 Å². The summed E-state index contributed by atoms with van der Waals surface area (Å²) in [5.41, 5.74) is 1.24. The molecule has 106 valence electrons. The molecule has 0 radical (unpaired) electrons. The normalized spacial score (nSPS) is 12.2. The van der Waals surface area contributed by atoms with Crippen LogP contribution in [0.15, 0.2) is 30.3 Å². The van der Waals surface area contributed by atoms with Crippen LogP contribution in [0, 0.1) is 0 Å². The van der Waals surface area contributed by atoms with Gasteiger partial charge in [-0.3, -0.25) is 4.79 Å². The number of hydrogen-bond donors (Lipinski definition) is 3. The first-order valence-electron chi connectivity index (χ1n) is 6.73. The molecule has 1 atom stereocenters. The summed E-state index contributed by atoms with van der Waals surface area (Å²) in [6.07, 6.45) is 2.10. The molecule has 1 heterocycles. The first kappa shape index (κ1) is 14.1. The highest BCUT2D eigenvalue weighted by Gasteiger charge is 2.20. The number of amides is 1. The third-order valence-electron chi connectivity index (χ3n) is 3.22. The molecule has 0 aliphatic heterocycles. The van der Waals surface area contributed by atoms with Crippen molar-refractivity contribution < 1.29 is 14.7 Å². The van der Waals surface area contributed by atoms with E-state index in [4.69, 9.17) is 5.11 Å². The molecule has 5 heteroatoms. The number of aromatic nitrogens is 1. The molecule has 0 spiro atoms. The number of carbonyl (C=O) groups excluding carboxylic acids is 1. The SMILES string of the molecule is CCCCC(NC(=O)c1cc2ccccc2[nH]1)C(=O)O. The maximum absolute atomic E-state index is 12.1. The fourth-order valence-corrected chi connectivity index (χ4v) is 2.10. The van der Waals surface area contributed by atoms with Gasteiger partial charge in [0.2, 0.25) is 0 Å². The number of para-hydroxylation sites is 1. The Labute approximate surface area is 117 Å². The minimum absolute atomic E-state index is 0.383. The van der Waals surface area contributed by atoms with Crippen molar-refractivity contribution in [1.82, 2.24) is 10.3 Å². The van der Waals surface area contributed by atoms with Crippen molar-refractivity contribution in [3.63, 3.8) is 0 Å². The van der Waals surface area contributed by atoms with E-state index in [2.05, 4.69) is 10.3 Å². The van der Waals surface area contributed by atoms with E-state index in [1.54, 1.807) is 6.07 Å². The average molecular weight is 274 g/mol. The molecule has 0 fully saturated rings. The number of nitrogens with one attached hydrogen (secondary N) is 2. The van der Waals surface area contributed by atoms with Gasteiger partial charge in [-0.15, -0.1) is 0 Å². The van der Waals surface area contributed by atoms with E-state index in [1.165, 1.54) is 0 Å². The van der Waals surface area contributed by atoms with Crippen molar-refractivity contribution in [1.29, 1.82) is 0 Å². The Bertz CT molecular complexity index is 585. The number of aliphatic carboxylic acids is 1. The van der Waals surface area contributed by atoms with Crippen LogP contribution in [0.25, 0.3) is 10.9 Å². The van der Waals surface area contributed by atoms with Gasteiger partial charge in [0, 0.05) is 10.9 Å². The molecule has 1 unspecified atom stereocenters. The van der Waals surface area contributed by atoms with Crippen LogP contribution >= 0.6 is 0 Å². The lowest BCUT2D eigenvalue weighted by Gasteiger charge is -2.13. The third-order valence-corrected chi connectivity index (χ3v) is 3.22. The summed E-state index contributed by atoms with van der Waals surface area (Å²) in [4.78, 5) is 26.2. The molecule has 1 aromatic heterocycles. The van der Waals surface area contributed by atoms with Gasteiger partial charge < -0.3 is 15.4 Å². The zero-order valence-electron chi connectivity index (χ0n) is 11.3. The van der Waals surface area contributed by atoms with Crippen molar-refractivity contribution in [2.75, 3.05) is 0 Å².